The average Bonchev–Trinajstić information content (AvgIpc) is 3.10. The van der Waals surface area contributed by atoms with Crippen LogP contribution in [-0.2, 0) is 29.5 Å². The van der Waals surface area contributed by atoms with Crippen LogP contribution < -0.4 is 15.4 Å². The standard InChI is InChI=1S/C17H26ClN7O2S.HI/c1-3-16-24-22-13-25(16)11-10-20-17(19-8-9-23-28(2,26)27)21-12-14-4-6-15(18)7-5-14;/h4-7,13,23H,3,8-12H2,1-2H3,(H2,19,20,21);1H. The van der Waals surface area contributed by atoms with Gasteiger partial charge >= 0.3 is 0 Å². The zero-order valence-corrected chi connectivity index (χ0v) is 20.3. The highest BCUT2D eigenvalue weighted by atomic mass is 127. The van der Waals surface area contributed by atoms with Gasteiger partial charge in [0, 0.05) is 37.6 Å². The molecule has 1 aromatic carbocycles. The Morgan fingerprint density at radius 3 is 2.52 bits per heavy atom. The van der Waals surface area contributed by atoms with E-state index in [0.717, 1.165) is 24.1 Å². The van der Waals surface area contributed by atoms with Crippen molar-refractivity contribution < 1.29 is 8.42 Å². The molecular weight excluding hydrogens is 529 g/mol. The number of aryl methyl sites for hydroxylation is 1. The van der Waals surface area contributed by atoms with Gasteiger partial charge < -0.3 is 15.2 Å². The molecule has 0 aliphatic heterocycles. The highest BCUT2D eigenvalue weighted by Crippen LogP contribution is 2.10. The minimum atomic E-state index is -3.22. The average molecular weight is 556 g/mol. The van der Waals surface area contributed by atoms with Crippen molar-refractivity contribution in [1.29, 1.82) is 0 Å². The molecule has 12 heteroatoms. The number of rotatable bonds is 10. The molecule has 2 aromatic rings. The number of sulfonamides is 1. The third-order valence-electron chi connectivity index (χ3n) is 3.77. The van der Waals surface area contributed by atoms with E-state index < -0.39 is 10.0 Å². The van der Waals surface area contributed by atoms with Gasteiger partial charge in [0.25, 0.3) is 0 Å². The Kier molecular flexibility index (Phi) is 11.5. The summed E-state index contributed by atoms with van der Waals surface area (Å²) in [5.74, 6) is 1.52. The molecule has 0 fully saturated rings. The van der Waals surface area contributed by atoms with Gasteiger partial charge in [-0.3, -0.25) is 0 Å². The zero-order chi connectivity index (χ0) is 20.4. The molecular formula is C17H27ClIN7O2S. The molecule has 1 heterocycles. The minimum absolute atomic E-state index is 0. The van der Waals surface area contributed by atoms with Gasteiger partial charge in [-0.25, -0.2) is 18.1 Å². The molecule has 0 saturated heterocycles. The second kappa shape index (κ2) is 13.0. The van der Waals surface area contributed by atoms with E-state index in [-0.39, 0.29) is 30.5 Å². The summed E-state index contributed by atoms with van der Waals surface area (Å²) < 4.78 is 26.8. The summed E-state index contributed by atoms with van der Waals surface area (Å²) in [6, 6.07) is 7.47. The topological polar surface area (TPSA) is 113 Å². The Labute approximate surface area is 193 Å². The number of hydrogen-bond acceptors (Lipinski definition) is 5. The van der Waals surface area contributed by atoms with Gasteiger partial charge in [0.05, 0.1) is 12.8 Å². The molecule has 0 unspecified atom stereocenters. The van der Waals surface area contributed by atoms with Crippen molar-refractivity contribution >= 4 is 51.6 Å². The lowest BCUT2D eigenvalue weighted by Gasteiger charge is -2.13. The Bertz CT molecular complexity index is 872. The van der Waals surface area contributed by atoms with Crippen LogP contribution in [0.1, 0.15) is 18.3 Å². The fraction of sp³-hybridized carbons (Fsp3) is 0.471. The molecule has 0 spiro atoms. The first-order chi connectivity index (χ1) is 13.4. The summed E-state index contributed by atoms with van der Waals surface area (Å²) >= 11 is 5.91. The molecule has 1 aromatic heterocycles. The lowest BCUT2D eigenvalue weighted by atomic mass is 10.2. The summed E-state index contributed by atoms with van der Waals surface area (Å²) in [5, 5.41) is 15.0. The number of aromatic nitrogens is 3. The Morgan fingerprint density at radius 2 is 1.86 bits per heavy atom. The van der Waals surface area contributed by atoms with Gasteiger partial charge in [-0.2, -0.15) is 0 Å². The van der Waals surface area contributed by atoms with E-state index in [9.17, 15) is 8.42 Å². The van der Waals surface area contributed by atoms with Crippen LogP contribution in [-0.4, -0.2) is 55.0 Å². The summed E-state index contributed by atoms with van der Waals surface area (Å²) in [4.78, 5) is 4.55. The van der Waals surface area contributed by atoms with E-state index in [0.29, 0.717) is 37.2 Å². The van der Waals surface area contributed by atoms with E-state index in [1.165, 1.54) is 0 Å². The van der Waals surface area contributed by atoms with Crippen LogP contribution in [0.5, 0.6) is 0 Å². The van der Waals surface area contributed by atoms with Crippen molar-refractivity contribution in [3.05, 3.63) is 47.0 Å². The molecule has 0 radical (unpaired) electrons. The largest absolute Gasteiger partial charge is 0.355 e. The first-order valence-corrected chi connectivity index (χ1v) is 11.2. The van der Waals surface area contributed by atoms with E-state index >= 15 is 0 Å². The number of nitrogens with zero attached hydrogens (tertiary/aromatic N) is 4. The van der Waals surface area contributed by atoms with Crippen molar-refractivity contribution in [1.82, 2.24) is 30.1 Å². The molecule has 0 atom stereocenters. The molecule has 0 amide bonds. The van der Waals surface area contributed by atoms with Gasteiger partial charge in [-0.05, 0) is 17.7 Å². The maximum absolute atomic E-state index is 11.2. The Hall–Kier alpha value is -1.44. The molecule has 2 rings (SSSR count). The number of aliphatic imine (C=N–C) groups is 1. The monoisotopic (exact) mass is 555 g/mol. The number of hydrogen-bond donors (Lipinski definition) is 3. The molecule has 0 aliphatic rings. The van der Waals surface area contributed by atoms with E-state index in [2.05, 4.69) is 30.5 Å². The maximum Gasteiger partial charge on any atom is 0.208 e. The van der Waals surface area contributed by atoms with E-state index in [4.69, 9.17) is 11.6 Å². The molecule has 29 heavy (non-hydrogen) atoms. The third kappa shape index (κ3) is 10.2. The number of guanidine groups is 1. The second-order valence-electron chi connectivity index (χ2n) is 6.11. The van der Waals surface area contributed by atoms with Crippen LogP contribution in [0.2, 0.25) is 5.02 Å². The zero-order valence-electron chi connectivity index (χ0n) is 16.4. The van der Waals surface area contributed by atoms with Crippen LogP contribution in [0.3, 0.4) is 0 Å². The van der Waals surface area contributed by atoms with Crippen molar-refractivity contribution in [2.24, 2.45) is 4.99 Å². The molecule has 0 bridgehead atoms. The lowest BCUT2D eigenvalue weighted by Crippen LogP contribution is -2.42. The summed E-state index contributed by atoms with van der Waals surface area (Å²) in [5.41, 5.74) is 1.02. The highest BCUT2D eigenvalue weighted by Gasteiger charge is 2.04. The molecule has 0 aliphatic carbocycles. The second-order valence-corrected chi connectivity index (χ2v) is 8.37. The van der Waals surface area contributed by atoms with Crippen LogP contribution in [0, 0.1) is 0 Å². The fourth-order valence-electron chi connectivity index (χ4n) is 2.39. The van der Waals surface area contributed by atoms with Crippen molar-refractivity contribution in [3.63, 3.8) is 0 Å². The Morgan fingerprint density at radius 1 is 1.17 bits per heavy atom. The predicted octanol–water partition coefficient (Wildman–Crippen LogP) is 1.40. The quantitative estimate of drug-likeness (QED) is 0.177. The first-order valence-electron chi connectivity index (χ1n) is 8.95. The van der Waals surface area contributed by atoms with Crippen molar-refractivity contribution in [2.45, 2.75) is 26.4 Å². The van der Waals surface area contributed by atoms with Crippen LogP contribution in [0.15, 0.2) is 35.6 Å². The van der Waals surface area contributed by atoms with Gasteiger partial charge in [-0.15, -0.1) is 34.2 Å². The summed E-state index contributed by atoms with van der Waals surface area (Å²) in [6.07, 6.45) is 3.65. The lowest BCUT2D eigenvalue weighted by molar-refractivity contribution is 0.586. The third-order valence-corrected chi connectivity index (χ3v) is 4.75. The van der Waals surface area contributed by atoms with Gasteiger partial charge in [0.2, 0.25) is 10.0 Å². The predicted molar refractivity (Wildman–Crippen MR) is 126 cm³/mol. The van der Waals surface area contributed by atoms with E-state index in [1.807, 2.05) is 35.8 Å². The molecule has 162 valence electrons. The molecule has 9 nitrogen and oxygen atoms in total. The molecule has 3 N–H and O–H groups in total. The number of halogens is 2. The summed E-state index contributed by atoms with van der Waals surface area (Å²) in [7, 11) is -3.22. The van der Waals surface area contributed by atoms with Gasteiger partial charge in [0.15, 0.2) is 5.96 Å². The van der Waals surface area contributed by atoms with Crippen LogP contribution >= 0.6 is 35.6 Å². The Balaban J connectivity index is 0.00000420. The maximum atomic E-state index is 11.2. The SMILES string of the molecule is CCc1nncn1CCNC(=NCc1ccc(Cl)cc1)NCCNS(C)(=O)=O.I. The van der Waals surface area contributed by atoms with Crippen molar-refractivity contribution in [2.75, 3.05) is 25.9 Å². The van der Waals surface area contributed by atoms with Gasteiger partial charge in [-0.1, -0.05) is 30.7 Å². The first kappa shape index (κ1) is 25.6. The molecule has 0 saturated carbocycles. The minimum Gasteiger partial charge on any atom is -0.355 e. The fourth-order valence-corrected chi connectivity index (χ4v) is 2.98. The van der Waals surface area contributed by atoms with Crippen LogP contribution in [0.25, 0.3) is 0 Å². The number of nitrogens with one attached hydrogen (secondary N) is 3. The van der Waals surface area contributed by atoms with E-state index in [1.54, 1.807) is 6.33 Å². The number of benzene rings is 1. The summed E-state index contributed by atoms with van der Waals surface area (Å²) in [6.45, 7) is 4.50. The normalized spacial score (nSPS) is 11.8. The van der Waals surface area contributed by atoms with Crippen molar-refractivity contribution in [3.8, 4) is 0 Å². The smallest absolute Gasteiger partial charge is 0.208 e. The van der Waals surface area contributed by atoms with Crippen LogP contribution in [0.4, 0.5) is 0 Å². The van der Waals surface area contributed by atoms with Gasteiger partial charge in [0.1, 0.15) is 12.2 Å². The highest BCUT2D eigenvalue weighted by molar-refractivity contribution is 14.0.